The molecule has 1 amide bonds. The fourth-order valence-electron chi connectivity index (χ4n) is 2.43. The molecule has 102 valence electrons. The van der Waals surface area contributed by atoms with E-state index in [9.17, 15) is 9.59 Å². The Hall–Kier alpha value is -2.63. The lowest BCUT2D eigenvalue weighted by Gasteiger charge is -2.06. The average molecular weight is 270 g/mol. The first kappa shape index (κ1) is 12.4. The van der Waals surface area contributed by atoms with Gasteiger partial charge in [-0.25, -0.2) is 4.68 Å². The number of likely N-dealkylation sites (N-methyl/N-ethyl adjacent to an activating group) is 1. The second-order valence-electron chi connectivity index (χ2n) is 4.61. The van der Waals surface area contributed by atoms with E-state index in [2.05, 4.69) is 10.4 Å². The van der Waals surface area contributed by atoms with Crippen LogP contribution in [0.4, 0.5) is 0 Å². The molecule has 0 saturated heterocycles. The van der Waals surface area contributed by atoms with Crippen molar-refractivity contribution < 1.29 is 4.79 Å². The number of aryl methyl sites for hydroxylation is 1. The third kappa shape index (κ3) is 1.69. The minimum absolute atomic E-state index is 0.111. The molecule has 0 fully saturated rings. The number of fused-ring (bicyclic) bond motifs is 3. The number of amides is 1. The highest BCUT2D eigenvalue weighted by Gasteiger charge is 2.16. The number of para-hydroxylation sites is 1. The minimum atomic E-state index is -0.206. The summed E-state index contributed by atoms with van der Waals surface area (Å²) in [4.78, 5) is 24.0. The summed E-state index contributed by atoms with van der Waals surface area (Å²) in [7, 11) is 3.18. The van der Waals surface area contributed by atoms with Crippen molar-refractivity contribution in [3.05, 3.63) is 40.8 Å². The quantitative estimate of drug-likeness (QED) is 0.742. The third-order valence-corrected chi connectivity index (χ3v) is 3.45. The van der Waals surface area contributed by atoms with Crippen LogP contribution in [0.25, 0.3) is 21.8 Å². The zero-order chi connectivity index (χ0) is 14.3. The van der Waals surface area contributed by atoms with Gasteiger partial charge in [0.25, 0.3) is 5.56 Å². The van der Waals surface area contributed by atoms with E-state index in [0.29, 0.717) is 5.52 Å². The van der Waals surface area contributed by atoms with Gasteiger partial charge in [0.2, 0.25) is 5.91 Å². The second-order valence-corrected chi connectivity index (χ2v) is 4.61. The van der Waals surface area contributed by atoms with E-state index in [-0.39, 0.29) is 18.0 Å². The normalized spacial score (nSPS) is 11.1. The zero-order valence-corrected chi connectivity index (χ0v) is 11.3. The smallest absolute Gasteiger partial charge is 0.291 e. The van der Waals surface area contributed by atoms with Crippen molar-refractivity contribution in [2.45, 2.75) is 6.54 Å². The van der Waals surface area contributed by atoms with Crippen LogP contribution in [0.15, 0.2) is 35.3 Å². The largest absolute Gasteiger partial charge is 0.358 e. The Balaban J connectivity index is 2.46. The number of benzene rings is 1. The van der Waals surface area contributed by atoms with Crippen LogP contribution in [0.3, 0.4) is 0 Å². The monoisotopic (exact) mass is 270 g/mol. The lowest BCUT2D eigenvalue weighted by atomic mass is 10.2. The maximum Gasteiger partial charge on any atom is 0.291 e. The molecule has 0 radical (unpaired) electrons. The summed E-state index contributed by atoms with van der Waals surface area (Å²) in [6.45, 7) is 0.111. The van der Waals surface area contributed by atoms with Crippen molar-refractivity contribution in [3.63, 3.8) is 0 Å². The van der Waals surface area contributed by atoms with E-state index >= 15 is 0 Å². The molecule has 6 nitrogen and oxygen atoms in total. The number of rotatable bonds is 2. The van der Waals surface area contributed by atoms with Gasteiger partial charge in [0.1, 0.15) is 12.1 Å². The van der Waals surface area contributed by atoms with Gasteiger partial charge in [-0.3, -0.25) is 9.59 Å². The summed E-state index contributed by atoms with van der Waals surface area (Å²) in [6, 6.07) is 7.62. The Morgan fingerprint density at radius 1 is 1.30 bits per heavy atom. The van der Waals surface area contributed by atoms with Crippen LogP contribution in [0.5, 0.6) is 0 Å². The van der Waals surface area contributed by atoms with Crippen LogP contribution in [-0.2, 0) is 18.4 Å². The molecule has 3 aromatic rings. The van der Waals surface area contributed by atoms with Crippen LogP contribution in [0, 0.1) is 0 Å². The number of hydrogen-bond donors (Lipinski definition) is 1. The third-order valence-electron chi connectivity index (χ3n) is 3.45. The van der Waals surface area contributed by atoms with Crippen LogP contribution >= 0.6 is 0 Å². The molecule has 2 aromatic heterocycles. The maximum atomic E-state index is 12.3. The molecule has 0 atom stereocenters. The van der Waals surface area contributed by atoms with Crippen molar-refractivity contribution in [3.8, 4) is 0 Å². The van der Waals surface area contributed by atoms with Crippen molar-refractivity contribution in [1.82, 2.24) is 19.7 Å². The summed E-state index contributed by atoms with van der Waals surface area (Å²) in [5, 5.41) is 8.34. The number of nitrogens with zero attached hydrogens (tertiary/aromatic N) is 3. The van der Waals surface area contributed by atoms with Crippen molar-refractivity contribution >= 4 is 27.7 Å². The van der Waals surface area contributed by atoms with Crippen molar-refractivity contribution in [2.24, 2.45) is 7.05 Å². The SMILES string of the molecule is CNC(=O)Cn1c2ccccc2c2cnn(C)c(=O)c21. The first-order valence-electron chi connectivity index (χ1n) is 6.27. The van der Waals surface area contributed by atoms with Crippen molar-refractivity contribution in [1.29, 1.82) is 0 Å². The maximum absolute atomic E-state index is 12.3. The van der Waals surface area contributed by atoms with Crippen molar-refractivity contribution in [2.75, 3.05) is 7.05 Å². The molecular weight excluding hydrogens is 256 g/mol. The highest BCUT2D eigenvalue weighted by molar-refractivity contribution is 6.07. The Labute approximate surface area is 114 Å². The molecule has 0 aliphatic heterocycles. The lowest BCUT2D eigenvalue weighted by molar-refractivity contribution is -0.121. The number of hydrogen-bond acceptors (Lipinski definition) is 3. The number of aromatic nitrogens is 3. The summed E-state index contributed by atoms with van der Waals surface area (Å²) < 4.78 is 3.02. The fraction of sp³-hybridized carbons (Fsp3) is 0.214. The van der Waals surface area contributed by atoms with Gasteiger partial charge in [-0.1, -0.05) is 18.2 Å². The summed E-state index contributed by atoms with van der Waals surface area (Å²) in [5.74, 6) is -0.147. The first-order chi connectivity index (χ1) is 9.63. The average Bonchev–Trinajstić information content (AvgIpc) is 2.78. The van der Waals surface area contributed by atoms with Crippen LogP contribution in [-0.4, -0.2) is 27.3 Å². The van der Waals surface area contributed by atoms with Gasteiger partial charge in [-0.2, -0.15) is 5.10 Å². The molecule has 20 heavy (non-hydrogen) atoms. The second kappa shape index (κ2) is 4.48. The van der Waals surface area contributed by atoms with E-state index in [1.165, 1.54) is 4.68 Å². The van der Waals surface area contributed by atoms with Gasteiger partial charge in [-0.05, 0) is 6.07 Å². The summed E-state index contributed by atoms with van der Waals surface area (Å²) in [5.41, 5.74) is 1.16. The number of nitrogens with one attached hydrogen (secondary N) is 1. The molecule has 0 bridgehead atoms. The Morgan fingerprint density at radius 3 is 2.80 bits per heavy atom. The highest BCUT2D eigenvalue weighted by atomic mass is 16.2. The van der Waals surface area contributed by atoms with Gasteiger partial charge in [0.05, 0.1) is 6.20 Å². The molecule has 1 aromatic carbocycles. The predicted octanol–water partition coefficient (Wildman–Crippen LogP) is 0.634. The van der Waals surface area contributed by atoms with Crippen LogP contribution in [0.1, 0.15) is 0 Å². The number of carbonyl (C=O) groups excluding carboxylic acids is 1. The standard InChI is InChI=1S/C14H14N4O2/c1-15-12(19)8-18-11-6-4-3-5-9(11)10-7-16-17(2)14(20)13(10)18/h3-7H,8H2,1-2H3,(H,15,19). The lowest BCUT2D eigenvalue weighted by Crippen LogP contribution is -2.26. The molecule has 2 heterocycles. The zero-order valence-electron chi connectivity index (χ0n) is 11.3. The fourth-order valence-corrected chi connectivity index (χ4v) is 2.43. The topological polar surface area (TPSA) is 68.9 Å². The highest BCUT2D eigenvalue weighted by Crippen LogP contribution is 2.25. The van der Waals surface area contributed by atoms with Gasteiger partial charge < -0.3 is 9.88 Å². The number of carbonyl (C=O) groups is 1. The van der Waals surface area contributed by atoms with E-state index in [4.69, 9.17) is 0 Å². The van der Waals surface area contributed by atoms with Gasteiger partial charge >= 0.3 is 0 Å². The van der Waals surface area contributed by atoms with E-state index in [1.54, 1.807) is 24.9 Å². The van der Waals surface area contributed by atoms with Crippen LogP contribution < -0.4 is 10.9 Å². The van der Waals surface area contributed by atoms with Crippen LogP contribution in [0.2, 0.25) is 0 Å². The summed E-state index contributed by atoms with van der Waals surface area (Å²) >= 11 is 0. The molecule has 0 aliphatic rings. The van der Waals surface area contributed by atoms with Gasteiger partial charge in [-0.15, -0.1) is 0 Å². The molecule has 0 unspecified atom stereocenters. The van der Waals surface area contributed by atoms with E-state index in [1.807, 2.05) is 24.3 Å². The Bertz CT molecular complexity index is 876. The summed E-state index contributed by atoms with van der Waals surface area (Å²) in [6.07, 6.45) is 1.67. The first-order valence-corrected chi connectivity index (χ1v) is 6.27. The molecule has 0 saturated carbocycles. The molecule has 1 N–H and O–H groups in total. The molecule has 3 rings (SSSR count). The predicted molar refractivity (Wildman–Crippen MR) is 76.5 cm³/mol. The molecule has 0 spiro atoms. The Kier molecular flexibility index (Phi) is 2.78. The molecule has 6 heteroatoms. The minimum Gasteiger partial charge on any atom is -0.358 e. The Morgan fingerprint density at radius 2 is 2.05 bits per heavy atom. The van der Waals surface area contributed by atoms with Gasteiger partial charge in [0.15, 0.2) is 0 Å². The molecular formula is C14H14N4O2. The van der Waals surface area contributed by atoms with E-state index < -0.39 is 0 Å². The molecule has 0 aliphatic carbocycles. The van der Waals surface area contributed by atoms with E-state index in [0.717, 1.165) is 16.3 Å². The van der Waals surface area contributed by atoms with Gasteiger partial charge in [0, 0.05) is 30.4 Å².